The van der Waals surface area contributed by atoms with Crippen molar-refractivity contribution in [1.29, 1.82) is 0 Å². The van der Waals surface area contributed by atoms with E-state index in [0.29, 0.717) is 34.9 Å². The highest BCUT2D eigenvalue weighted by molar-refractivity contribution is 5.37. The Bertz CT molecular complexity index is 1860. The van der Waals surface area contributed by atoms with E-state index in [1.54, 1.807) is 5.70 Å². The molecule has 9 atom stereocenters. The second kappa shape index (κ2) is 20.7. The summed E-state index contributed by atoms with van der Waals surface area (Å²) in [5.41, 5.74) is 8.00. The van der Waals surface area contributed by atoms with E-state index in [2.05, 4.69) is 84.4 Å². The first kappa shape index (κ1) is 46.3. The number of hydrogen-bond acceptors (Lipinski definition) is 2. The second-order valence-corrected chi connectivity index (χ2v) is 25.7. The highest BCUT2D eigenvalue weighted by Crippen LogP contribution is 2.55. The summed E-state index contributed by atoms with van der Waals surface area (Å²) in [4.78, 5) is 6.33. The van der Waals surface area contributed by atoms with Crippen LogP contribution in [0, 0.1) is 52.8 Å². The largest absolute Gasteiger partial charge is 0.362 e. The molecule has 0 aliphatic heterocycles. The third kappa shape index (κ3) is 9.46. The molecule has 11 aliphatic carbocycles. The third-order valence-corrected chi connectivity index (χ3v) is 22.0. The van der Waals surface area contributed by atoms with E-state index in [4.69, 9.17) is 0 Å². The Labute approximate surface area is 405 Å². The number of allylic oxidation sites excluding steroid dienone is 10. The van der Waals surface area contributed by atoms with Gasteiger partial charge < -0.3 is 4.90 Å². The van der Waals surface area contributed by atoms with E-state index in [9.17, 15) is 0 Å². The minimum Gasteiger partial charge on any atom is -0.362 e. The Morgan fingerprint density at radius 2 is 1.27 bits per heavy atom. The number of hydrogen-bond donors (Lipinski definition) is 0. The zero-order valence-corrected chi connectivity index (χ0v) is 42.6. The zero-order valence-electron chi connectivity index (χ0n) is 42.6. The first-order valence-electron chi connectivity index (χ1n) is 29.9. The van der Waals surface area contributed by atoms with E-state index in [-0.39, 0.29) is 0 Å². The maximum atomic E-state index is 3.31. The van der Waals surface area contributed by atoms with Gasteiger partial charge in [-0.1, -0.05) is 143 Å². The molecular weight excluding hydrogens is 797 g/mol. The molecular formula is C64H96N2. The minimum atomic E-state index is 0.358. The normalized spacial score (nSPS) is 40.7. The molecule has 0 saturated heterocycles. The standard InChI is InChI=1S/C64H96N2/c1-63(51-41-45-64(2,46-42-51)66(54-25-13-6-14-26-54)62-38-36-56(50-21-9-4-10-22-50)58-28-16-18-30-60(58)62)43-39-48(40-44-63)47-31-33-53(34-32-47)65(52-23-11-5-12-24-52)61-37-35-55(49-19-7-3-8-20-49)57-27-15-17-29-59(57)61/h11,16,23,28,31,33-35,39,43,47-52,54,57,59-62H,3-10,12-15,17-22,24-27,29-30,32,36-38,40-42,44-46H2,1-2H3/t47?,48?,51?,52?,57-,59?,60?,61?,62?,63?,64?/m0/s1. The summed E-state index contributed by atoms with van der Waals surface area (Å²) in [5.74, 6) is 6.46. The van der Waals surface area contributed by atoms with Gasteiger partial charge in [-0.25, -0.2) is 0 Å². The van der Waals surface area contributed by atoms with E-state index >= 15 is 0 Å². The average Bonchev–Trinajstić information content (AvgIpc) is 3.38. The van der Waals surface area contributed by atoms with E-state index in [1.807, 2.05) is 16.7 Å². The van der Waals surface area contributed by atoms with Gasteiger partial charge in [-0.2, -0.15) is 0 Å². The van der Waals surface area contributed by atoms with Crippen LogP contribution in [0.15, 0.2) is 83.2 Å². The van der Waals surface area contributed by atoms with Crippen molar-refractivity contribution in [2.45, 2.75) is 262 Å². The summed E-state index contributed by atoms with van der Waals surface area (Å²) in [6.45, 7) is 5.47. The second-order valence-electron chi connectivity index (χ2n) is 25.7. The summed E-state index contributed by atoms with van der Waals surface area (Å²) < 4.78 is 0. The molecule has 11 aliphatic rings. The third-order valence-electron chi connectivity index (χ3n) is 22.0. The van der Waals surface area contributed by atoms with E-state index < -0.39 is 0 Å². The summed E-state index contributed by atoms with van der Waals surface area (Å²) in [6.07, 6.45) is 75.1. The van der Waals surface area contributed by atoms with Gasteiger partial charge in [0.25, 0.3) is 0 Å². The molecule has 0 radical (unpaired) electrons. The van der Waals surface area contributed by atoms with Crippen LogP contribution in [0.3, 0.4) is 0 Å². The van der Waals surface area contributed by atoms with Gasteiger partial charge in [0, 0.05) is 35.4 Å². The van der Waals surface area contributed by atoms with Crippen molar-refractivity contribution in [2.24, 2.45) is 52.8 Å². The molecule has 0 aromatic rings. The van der Waals surface area contributed by atoms with Crippen LogP contribution in [0.1, 0.15) is 232 Å². The number of fused-ring (bicyclic) bond motifs is 2. The SMILES string of the molecule is CC1(C2CCC(C)(N(C3CCCCC3)C3CCC(C4CCCCC4)=C4C=CCCC43)CC2)C=CC(C2C=CC(N(C3C=CCCC3)C3CC=C(C4CCCCC4)[C@@H]4CCCCC34)=CC2)CC1. The average molecular weight is 893 g/mol. The fourth-order valence-electron chi connectivity index (χ4n) is 18.3. The summed E-state index contributed by atoms with van der Waals surface area (Å²) in [6, 6.07) is 2.82. The summed E-state index contributed by atoms with van der Waals surface area (Å²) in [5, 5.41) is 0. The van der Waals surface area contributed by atoms with Crippen molar-refractivity contribution >= 4 is 0 Å². The molecule has 0 amide bonds. The molecule has 5 saturated carbocycles. The molecule has 0 spiro atoms. The van der Waals surface area contributed by atoms with Gasteiger partial charge >= 0.3 is 0 Å². The van der Waals surface area contributed by atoms with Crippen molar-refractivity contribution in [3.8, 4) is 0 Å². The van der Waals surface area contributed by atoms with E-state index in [0.717, 1.165) is 47.6 Å². The Morgan fingerprint density at radius 1 is 0.530 bits per heavy atom. The molecule has 2 nitrogen and oxygen atoms in total. The fraction of sp³-hybridized carbons (Fsp3) is 0.781. The highest BCUT2D eigenvalue weighted by Gasteiger charge is 2.50. The molecule has 0 N–H and O–H groups in total. The van der Waals surface area contributed by atoms with Crippen LogP contribution in [-0.2, 0) is 0 Å². The maximum absolute atomic E-state index is 3.31. The van der Waals surface area contributed by atoms with Crippen LogP contribution < -0.4 is 0 Å². The molecule has 8 unspecified atom stereocenters. The van der Waals surface area contributed by atoms with Crippen molar-refractivity contribution in [3.63, 3.8) is 0 Å². The fourth-order valence-corrected chi connectivity index (χ4v) is 18.3. The molecule has 66 heavy (non-hydrogen) atoms. The quantitative estimate of drug-likeness (QED) is 0.202. The summed E-state index contributed by atoms with van der Waals surface area (Å²) in [7, 11) is 0. The van der Waals surface area contributed by atoms with Crippen molar-refractivity contribution in [1.82, 2.24) is 9.80 Å². The molecule has 2 heteroatoms. The molecule has 0 aromatic carbocycles. The van der Waals surface area contributed by atoms with Crippen molar-refractivity contribution < 1.29 is 0 Å². The Hall–Kier alpha value is -2.06. The first-order valence-corrected chi connectivity index (χ1v) is 29.9. The Morgan fingerprint density at radius 3 is 1.98 bits per heavy atom. The molecule has 5 fully saturated rings. The molecule has 0 bridgehead atoms. The van der Waals surface area contributed by atoms with Crippen LogP contribution in [0.5, 0.6) is 0 Å². The predicted molar refractivity (Wildman–Crippen MR) is 280 cm³/mol. The van der Waals surface area contributed by atoms with Crippen LogP contribution in [0.2, 0.25) is 0 Å². The van der Waals surface area contributed by atoms with Crippen molar-refractivity contribution in [3.05, 3.63) is 83.2 Å². The lowest BCUT2D eigenvalue weighted by molar-refractivity contribution is -0.0593. The van der Waals surface area contributed by atoms with Gasteiger partial charge in [0.1, 0.15) is 0 Å². The van der Waals surface area contributed by atoms with Crippen LogP contribution in [0.4, 0.5) is 0 Å². The molecule has 11 rings (SSSR count). The van der Waals surface area contributed by atoms with Gasteiger partial charge in [0.2, 0.25) is 0 Å². The Kier molecular flexibility index (Phi) is 14.5. The van der Waals surface area contributed by atoms with Crippen LogP contribution >= 0.6 is 0 Å². The monoisotopic (exact) mass is 893 g/mol. The number of rotatable bonds is 10. The molecule has 0 aromatic heterocycles. The van der Waals surface area contributed by atoms with Gasteiger partial charge in [-0.15, -0.1) is 0 Å². The summed E-state index contributed by atoms with van der Waals surface area (Å²) >= 11 is 0. The molecule has 0 heterocycles. The lowest BCUT2D eigenvalue weighted by atomic mass is 9.60. The topological polar surface area (TPSA) is 6.48 Å². The van der Waals surface area contributed by atoms with Gasteiger partial charge in [-0.05, 0) is 219 Å². The maximum Gasteiger partial charge on any atom is 0.0476 e. The van der Waals surface area contributed by atoms with E-state index in [1.165, 1.54) is 218 Å². The lowest BCUT2D eigenvalue weighted by Gasteiger charge is -2.58. The van der Waals surface area contributed by atoms with Gasteiger partial charge in [0.05, 0.1) is 0 Å². The molecule has 362 valence electrons. The smallest absolute Gasteiger partial charge is 0.0476 e. The Balaban J connectivity index is 0.757. The minimum absolute atomic E-state index is 0.358. The van der Waals surface area contributed by atoms with Gasteiger partial charge in [0.15, 0.2) is 0 Å². The predicted octanol–water partition coefficient (Wildman–Crippen LogP) is 17.5. The van der Waals surface area contributed by atoms with Crippen molar-refractivity contribution in [2.75, 3.05) is 0 Å². The zero-order chi connectivity index (χ0) is 44.5. The van der Waals surface area contributed by atoms with Crippen LogP contribution in [0.25, 0.3) is 0 Å². The highest BCUT2D eigenvalue weighted by atomic mass is 15.3. The van der Waals surface area contributed by atoms with Gasteiger partial charge in [-0.3, -0.25) is 4.90 Å². The number of nitrogens with zero attached hydrogens (tertiary/aromatic N) is 2. The van der Waals surface area contributed by atoms with Crippen LogP contribution in [-0.4, -0.2) is 39.5 Å². The lowest BCUT2D eigenvalue weighted by Crippen LogP contribution is -2.61. The first-order chi connectivity index (χ1) is 32.5.